The number of anilines is 1. The van der Waals surface area contributed by atoms with Crippen molar-refractivity contribution in [3.63, 3.8) is 0 Å². The number of hydrogen-bond donors (Lipinski definition) is 1. The van der Waals surface area contributed by atoms with Crippen molar-refractivity contribution in [3.8, 4) is 6.07 Å². The number of halogens is 1. The first-order valence-electron chi connectivity index (χ1n) is 6.45. The smallest absolute Gasteiger partial charge is 0.194 e. The minimum atomic E-state index is 0.462. The Hall–Kier alpha value is -2.03. The van der Waals surface area contributed by atoms with Crippen LogP contribution in [0.25, 0.3) is 4.96 Å². The molecule has 0 spiro atoms. The Labute approximate surface area is 131 Å². The van der Waals surface area contributed by atoms with Gasteiger partial charge in [0.15, 0.2) is 4.96 Å². The lowest BCUT2D eigenvalue weighted by Gasteiger charge is -2.08. The van der Waals surface area contributed by atoms with Gasteiger partial charge in [-0.15, -0.1) is 11.3 Å². The highest BCUT2D eigenvalue weighted by atomic mass is 35.5. The van der Waals surface area contributed by atoms with E-state index >= 15 is 0 Å². The lowest BCUT2D eigenvalue weighted by molar-refractivity contribution is 0.966. The molecule has 0 radical (unpaired) electrons. The van der Waals surface area contributed by atoms with Gasteiger partial charge in [-0.3, -0.25) is 4.40 Å². The van der Waals surface area contributed by atoms with E-state index in [0.717, 1.165) is 22.0 Å². The number of hydrogen-bond acceptors (Lipinski definition) is 4. The standard InChI is InChI=1S/C15H13ClN4S/c1-9-8-21-15-19-10(2)14(20(9)15)7-18-12-4-3-11(6-17)13(16)5-12/h3-5,8,18H,7H2,1-2H3. The number of nitrogens with zero attached hydrogens (tertiary/aromatic N) is 3. The van der Waals surface area contributed by atoms with Crippen molar-refractivity contribution < 1.29 is 0 Å². The van der Waals surface area contributed by atoms with E-state index in [4.69, 9.17) is 16.9 Å². The third kappa shape index (κ3) is 2.48. The van der Waals surface area contributed by atoms with E-state index in [1.165, 1.54) is 5.69 Å². The predicted molar refractivity (Wildman–Crippen MR) is 86.0 cm³/mol. The summed E-state index contributed by atoms with van der Waals surface area (Å²) in [5.41, 5.74) is 4.73. The van der Waals surface area contributed by atoms with Crippen LogP contribution in [0.15, 0.2) is 23.6 Å². The number of nitrogens with one attached hydrogen (secondary N) is 1. The zero-order chi connectivity index (χ0) is 15.0. The van der Waals surface area contributed by atoms with Crippen molar-refractivity contribution in [2.24, 2.45) is 0 Å². The van der Waals surface area contributed by atoms with Crippen LogP contribution in [-0.2, 0) is 6.54 Å². The summed E-state index contributed by atoms with van der Waals surface area (Å²) in [6, 6.07) is 7.41. The fourth-order valence-corrected chi connectivity index (χ4v) is 3.43. The molecule has 1 N–H and O–H groups in total. The van der Waals surface area contributed by atoms with Gasteiger partial charge < -0.3 is 5.32 Å². The minimum absolute atomic E-state index is 0.462. The van der Waals surface area contributed by atoms with E-state index in [2.05, 4.69) is 33.1 Å². The fourth-order valence-electron chi connectivity index (χ4n) is 2.28. The van der Waals surface area contributed by atoms with Crippen LogP contribution in [0.5, 0.6) is 0 Å². The Kier molecular flexibility index (Phi) is 3.58. The molecule has 0 aliphatic heterocycles. The lowest BCUT2D eigenvalue weighted by Crippen LogP contribution is -2.04. The Balaban J connectivity index is 1.87. The second-order valence-corrected chi connectivity index (χ2v) is 6.04. The first-order chi connectivity index (χ1) is 10.1. The highest BCUT2D eigenvalue weighted by Crippen LogP contribution is 2.23. The second-order valence-electron chi connectivity index (χ2n) is 4.80. The Morgan fingerprint density at radius 1 is 1.43 bits per heavy atom. The van der Waals surface area contributed by atoms with Crippen molar-refractivity contribution in [3.05, 3.63) is 51.2 Å². The number of imidazole rings is 1. The number of nitriles is 1. The third-order valence-corrected chi connectivity index (χ3v) is 4.64. The van der Waals surface area contributed by atoms with Gasteiger partial charge in [0.25, 0.3) is 0 Å². The van der Waals surface area contributed by atoms with Crippen LogP contribution in [-0.4, -0.2) is 9.38 Å². The summed E-state index contributed by atoms with van der Waals surface area (Å²) in [5.74, 6) is 0. The van der Waals surface area contributed by atoms with Gasteiger partial charge in [-0.2, -0.15) is 5.26 Å². The van der Waals surface area contributed by atoms with Gasteiger partial charge in [0, 0.05) is 16.8 Å². The zero-order valence-corrected chi connectivity index (χ0v) is 13.2. The molecule has 0 amide bonds. The van der Waals surface area contributed by atoms with Gasteiger partial charge >= 0.3 is 0 Å². The number of benzene rings is 1. The van der Waals surface area contributed by atoms with Crippen LogP contribution in [0.2, 0.25) is 5.02 Å². The molecule has 4 nitrogen and oxygen atoms in total. The zero-order valence-electron chi connectivity index (χ0n) is 11.6. The second kappa shape index (κ2) is 5.40. The van der Waals surface area contributed by atoms with E-state index < -0.39 is 0 Å². The normalized spacial score (nSPS) is 10.8. The maximum Gasteiger partial charge on any atom is 0.194 e. The highest BCUT2D eigenvalue weighted by molar-refractivity contribution is 7.15. The molecule has 3 aromatic rings. The van der Waals surface area contributed by atoms with Crippen molar-refractivity contribution in [2.75, 3.05) is 5.32 Å². The molecular weight excluding hydrogens is 304 g/mol. The number of aromatic nitrogens is 2. The van der Waals surface area contributed by atoms with Gasteiger partial charge in [-0.1, -0.05) is 11.6 Å². The molecule has 106 valence electrons. The monoisotopic (exact) mass is 316 g/mol. The van der Waals surface area contributed by atoms with Crippen LogP contribution in [0.1, 0.15) is 22.6 Å². The van der Waals surface area contributed by atoms with Crippen LogP contribution >= 0.6 is 22.9 Å². The molecule has 3 rings (SSSR count). The minimum Gasteiger partial charge on any atom is -0.379 e. The van der Waals surface area contributed by atoms with Gasteiger partial charge in [-0.25, -0.2) is 4.98 Å². The molecule has 0 unspecified atom stereocenters. The molecule has 0 fully saturated rings. The third-order valence-electron chi connectivity index (χ3n) is 3.38. The predicted octanol–water partition coefficient (Wildman–Crippen LogP) is 4.15. The first kappa shape index (κ1) is 13.9. The van der Waals surface area contributed by atoms with Gasteiger partial charge in [-0.05, 0) is 32.0 Å². The van der Waals surface area contributed by atoms with Crippen molar-refractivity contribution >= 4 is 33.6 Å². The van der Waals surface area contributed by atoms with Crippen LogP contribution < -0.4 is 5.32 Å². The number of fused-ring (bicyclic) bond motifs is 1. The van der Waals surface area contributed by atoms with Crippen LogP contribution in [0.4, 0.5) is 5.69 Å². The first-order valence-corrected chi connectivity index (χ1v) is 7.71. The quantitative estimate of drug-likeness (QED) is 0.789. The summed E-state index contributed by atoms with van der Waals surface area (Å²) in [6.45, 7) is 4.75. The highest BCUT2D eigenvalue weighted by Gasteiger charge is 2.12. The van der Waals surface area contributed by atoms with Crippen LogP contribution in [0.3, 0.4) is 0 Å². The molecular formula is C15H13ClN4S. The van der Waals surface area contributed by atoms with Crippen molar-refractivity contribution in [2.45, 2.75) is 20.4 Å². The Morgan fingerprint density at radius 2 is 2.24 bits per heavy atom. The van der Waals surface area contributed by atoms with Crippen molar-refractivity contribution in [1.82, 2.24) is 9.38 Å². The summed E-state index contributed by atoms with van der Waals surface area (Å²) in [4.78, 5) is 5.58. The molecule has 0 atom stereocenters. The van der Waals surface area contributed by atoms with E-state index in [1.54, 1.807) is 23.5 Å². The fraction of sp³-hybridized carbons (Fsp3) is 0.200. The SMILES string of the molecule is Cc1nc2scc(C)n2c1CNc1ccc(C#N)c(Cl)c1. The average Bonchev–Trinajstić information content (AvgIpc) is 2.96. The molecule has 0 saturated carbocycles. The maximum atomic E-state index is 8.89. The summed E-state index contributed by atoms with van der Waals surface area (Å²) in [5, 5.41) is 14.8. The summed E-state index contributed by atoms with van der Waals surface area (Å²) >= 11 is 7.69. The molecule has 1 aromatic carbocycles. The molecule has 0 saturated heterocycles. The Morgan fingerprint density at radius 3 is 2.95 bits per heavy atom. The van der Waals surface area contributed by atoms with Gasteiger partial charge in [0.05, 0.1) is 28.5 Å². The van der Waals surface area contributed by atoms with E-state index in [9.17, 15) is 0 Å². The van der Waals surface area contributed by atoms with Gasteiger partial charge in [0.2, 0.25) is 0 Å². The summed E-state index contributed by atoms with van der Waals surface area (Å²) in [7, 11) is 0. The summed E-state index contributed by atoms with van der Waals surface area (Å²) in [6.07, 6.45) is 0. The molecule has 2 heterocycles. The van der Waals surface area contributed by atoms with E-state index in [1.807, 2.05) is 13.0 Å². The molecule has 0 aliphatic carbocycles. The number of aryl methyl sites for hydroxylation is 2. The van der Waals surface area contributed by atoms with E-state index in [-0.39, 0.29) is 0 Å². The molecule has 21 heavy (non-hydrogen) atoms. The van der Waals surface area contributed by atoms with Crippen LogP contribution in [0, 0.1) is 25.2 Å². The topological polar surface area (TPSA) is 53.1 Å². The summed E-state index contributed by atoms with van der Waals surface area (Å²) < 4.78 is 2.16. The largest absolute Gasteiger partial charge is 0.379 e. The van der Waals surface area contributed by atoms with Gasteiger partial charge in [0.1, 0.15) is 6.07 Å². The molecule has 2 aromatic heterocycles. The maximum absolute atomic E-state index is 8.89. The van der Waals surface area contributed by atoms with E-state index in [0.29, 0.717) is 17.1 Å². The molecule has 0 bridgehead atoms. The average molecular weight is 317 g/mol. The molecule has 0 aliphatic rings. The Bertz CT molecular complexity index is 857. The lowest BCUT2D eigenvalue weighted by atomic mass is 10.2. The molecule has 6 heteroatoms. The number of rotatable bonds is 3. The number of thiazole rings is 1. The van der Waals surface area contributed by atoms with Crippen molar-refractivity contribution in [1.29, 1.82) is 5.26 Å².